The van der Waals surface area contributed by atoms with E-state index in [-0.39, 0.29) is 5.91 Å². The summed E-state index contributed by atoms with van der Waals surface area (Å²) in [6.45, 7) is 4.70. The summed E-state index contributed by atoms with van der Waals surface area (Å²) in [6, 6.07) is 7.67. The van der Waals surface area contributed by atoms with Gasteiger partial charge in [0.05, 0.1) is 0 Å². The minimum atomic E-state index is 0.0686. The van der Waals surface area contributed by atoms with Crippen LogP contribution in [0.4, 0.5) is 5.69 Å². The molecule has 0 radical (unpaired) electrons. The molecule has 0 heterocycles. The minimum Gasteiger partial charge on any atom is -0.326 e. The van der Waals surface area contributed by atoms with Crippen molar-refractivity contribution in [2.45, 2.75) is 32.7 Å². The zero-order chi connectivity index (χ0) is 14.1. The van der Waals surface area contributed by atoms with Crippen LogP contribution in [0.1, 0.15) is 31.7 Å². The molecule has 0 unspecified atom stereocenters. The van der Waals surface area contributed by atoms with Gasteiger partial charge >= 0.3 is 0 Å². The molecule has 1 rings (SSSR count). The molecule has 0 aliphatic carbocycles. The van der Waals surface area contributed by atoms with Gasteiger partial charge in [0.25, 0.3) is 0 Å². The summed E-state index contributed by atoms with van der Waals surface area (Å²) in [4.78, 5) is 14.0. The van der Waals surface area contributed by atoms with E-state index in [0.29, 0.717) is 13.0 Å². The summed E-state index contributed by atoms with van der Waals surface area (Å²) < 4.78 is 0. The summed E-state index contributed by atoms with van der Waals surface area (Å²) in [5.41, 5.74) is 7.43. The second kappa shape index (κ2) is 8.67. The van der Waals surface area contributed by atoms with E-state index >= 15 is 0 Å². The molecule has 1 aromatic rings. The van der Waals surface area contributed by atoms with Crippen LogP contribution >= 0.6 is 0 Å². The van der Waals surface area contributed by atoms with Gasteiger partial charge in [-0.3, -0.25) is 4.79 Å². The van der Waals surface area contributed by atoms with Crippen LogP contribution in [0.2, 0.25) is 0 Å². The number of carbonyl (C=O) groups is 1. The lowest BCUT2D eigenvalue weighted by Gasteiger charge is -2.14. The molecule has 0 aliphatic heterocycles. The Morgan fingerprint density at radius 2 is 2.16 bits per heavy atom. The smallest absolute Gasteiger partial charge is 0.224 e. The monoisotopic (exact) mass is 263 g/mol. The van der Waals surface area contributed by atoms with Crippen molar-refractivity contribution in [2.75, 3.05) is 25.5 Å². The number of carbonyl (C=O) groups excluding carboxylic acids is 1. The molecule has 0 aliphatic rings. The zero-order valence-electron chi connectivity index (χ0n) is 12.0. The third kappa shape index (κ3) is 6.36. The lowest BCUT2D eigenvalue weighted by molar-refractivity contribution is -0.116. The van der Waals surface area contributed by atoms with Crippen molar-refractivity contribution < 1.29 is 4.79 Å². The standard InChI is InChI=1S/C15H25N3O/c1-3-9-18(2)10-5-8-15(19)17-14-7-4-6-13(11-14)12-16/h4,6-7,11H,3,5,8-10,12,16H2,1-2H3,(H,17,19). The van der Waals surface area contributed by atoms with Gasteiger partial charge in [-0.1, -0.05) is 19.1 Å². The Labute approximate surface area is 116 Å². The molecule has 4 heteroatoms. The SMILES string of the molecule is CCCN(C)CCCC(=O)Nc1cccc(CN)c1. The molecule has 0 fully saturated rings. The predicted octanol–water partition coefficient (Wildman–Crippen LogP) is 2.21. The van der Waals surface area contributed by atoms with Crippen LogP contribution in [-0.4, -0.2) is 30.9 Å². The summed E-state index contributed by atoms with van der Waals surface area (Å²) in [6.07, 6.45) is 2.59. The van der Waals surface area contributed by atoms with Gasteiger partial charge in [-0.05, 0) is 50.7 Å². The van der Waals surface area contributed by atoms with Gasteiger partial charge in [0, 0.05) is 18.7 Å². The van der Waals surface area contributed by atoms with Gasteiger partial charge in [0.1, 0.15) is 0 Å². The number of amides is 1. The number of nitrogens with one attached hydrogen (secondary N) is 1. The highest BCUT2D eigenvalue weighted by molar-refractivity contribution is 5.90. The third-order valence-electron chi connectivity index (χ3n) is 3.00. The largest absolute Gasteiger partial charge is 0.326 e. The maximum absolute atomic E-state index is 11.8. The van der Waals surface area contributed by atoms with Gasteiger partial charge in [0.15, 0.2) is 0 Å². The van der Waals surface area contributed by atoms with Crippen LogP contribution in [0.15, 0.2) is 24.3 Å². The van der Waals surface area contributed by atoms with Crippen LogP contribution in [-0.2, 0) is 11.3 Å². The molecular weight excluding hydrogens is 238 g/mol. The Morgan fingerprint density at radius 3 is 2.84 bits per heavy atom. The molecule has 0 saturated carbocycles. The Kier molecular flexibility index (Phi) is 7.15. The van der Waals surface area contributed by atoms with Crippen LogP contribution in [0, 0.1) is 0 Å². The topological polar surface area (TPSA) is 58.4 Å². The lowest BCUT2D eigenvalue weighted by atomic mass is 10.2. The van der Waals surface area contributed by atoms with E-state index in [4.69, 9.17) is 5.73 Å². The lowest BCUT2D eigenvalue weighted by Crippen LogP contribution is -2.22. The highest BCUT2D eigenvalue weighted by Gasteiger charge is 2.04. The van der Waals surface area contributed by atoms with E-state index < -0.39 is 0 Å². The van der Waals surface area contributed by atoms with Gasteiger partial charge in [-0.15, -0.1) is 0 Å². The number of nitrogens with two attached hydrogens (primary N) is 1. The second-order valence-corrected chi connectivity index (χ2v) is 4.86. The Bertz CT molecular complexity index is 393. The van der Waals surface area contributed by atoms with Crippen LogP contribution in [0.5, 0.6) is 0 Å². The second-order valence-electron chi connectivity index (χ2n) is 4.86. The predicted molar refractivity (Wildman–Crippen MR) is 80.0 cm³/mol. The van der Waals surface area contributed by atoms with E-state index in [1.807, 2.05) is 24.3 Å². The number of nitrogens with zero attached hydrogens (tertiary/aromatic N) is 1. The van der Waals surface area contributed by atoms with Crippen molar-refractivity contribution in [3.8, 4) is 0 Å². The maximum atomic E-state index is 11.8. The summed E-state index contributed by atoms with van der Waals surface area (Å²) in [5, 5.41) is 2.91. The van der Waals surface area contributed by atoms with Crippen LogP contribution in [0.25, 0.3) is 0 Å². The molecular formula is C15H25N3O. The summed E-state index contributed by atoms with van der Waals surface area (Å²) in [7, 11) is 2.09. The van der Waals surface area contributed by atoms with Gasteiger partial charge < -0.3 is 16.0 Å². The third-order valence-corrected chi connectivity index (χ3v) is 3.00. The Balaban J connectivity index is 2.30. The molecule has 0 atom stereocenters. The molecule has 0 aromatic heterocycles. The Hall–Kier alpha value is -1.39. The normalized spacial score (nSPS) is 10.7. The summed E-state index contributed by atoms with van der Waals surface area (Å²) >= 11 is 0. The highest BCUT2D eigenvalue weighted by Crippen LogP contribution is 2.10. The van der Waals surface area contributed by atoms with Crippen molar-refractivity contribution in [1.82, 2.24) is 4.90 Å². The first-order valence-corrected chi connectivity index (χ1v) is 6.93. The average Bonchev–Trinajstić information content (AvgIpc) is 2.39. The highest BCUT2D eigenvalue weighted by atomic mass is 16.1. The van der Waals surface area contributed by atoms with E-state index in [1.54, 1.807) is 0 Å². The summed E-state index contributed by atoms with van der Waals surface area (Å²) in [5.74, 6) is 0.0686. The number of anilines is 1. The van der Waals surface area contributed by atoms with Crippen LogP contribution < -0.4 is 11.1 Å². The fraction of sp³-hybridized carbons (Fsp3) is 0.533. The molecule has 1 aromatic carbocycles. The van der Waals surface area contributed by atoms with Crippen molar-refractivity contribution >= 4 is 11.6 Å². The first-order valence-electron chi connectivity index (χ1n) is 6.93. The first kappa shape index (κ1) is 15.7. The molecule has 0 saturated heterocycles. The number of rotatable bonds is 8. The maximum Gasteiger partial charge on any atom is 0.224 e. The van der Waals surface area contributed by atoms with Crippen molar-refractivity contribution in [3.63, 3.8) is 0 Å². The number of benzene rings is 1. The molecule has 106 valence electrons. The van der Waals surface area contributed by atoms with Gasteiger partial charge in [0.2, 0.25) is 5.91 Å². The van der Waals surface area contributed by atoms with Crippen LogP contribution in [0.3, 0.4) is 0 Å². The molecule has 0 bridgehead atoms. The van der Waals surface area contributed by atoms with E-state index in [2.05, 4.69) is 24.2 Å². The number of hydrogen-bond donors (Lipinski definition) is 2. The fourth-order valence-electron chi connectivity index (χ4n) is 2.00. The fourth-order valence-corrected chi connectivity index (χ4v) is 2.00. The van der Waals surface area contributed by atoms with Gasteiger partial charge in [-0.25, -0.2) is 0 Å². The minimum absolute atomic E-state index is 0.0686. The van der Waals surface area contributed by atoms with E-state index in [0.717, 1.165) is 37.2 Å². The van der Waals surface area contributed by atoms with Crippen molar-refractivity contribution in [2.24, 2.45) is 5.73 Å². The zero-order valence-corrected chi connectivity index (χ0v) is 12.0. The van der Waals surface area contributed by atoms with Crippen molar-refractivity contribution in [3.05, 3.63) is 29.8 Å². The molecule has 19 heavy (non-hydrogen) atoms. The average molecular weight is 263 g/mol. The molecule has 3 N–H and O–H groups in total. The Morgan fingerprint density at radius 1 is 1.37 bits per heavy atom. The van der Waals surface area contributed by atoms with Gasteiger partial charge in [-0.2, -0.15) is 0 Å². The van der Waals surface area contributed by atoms with Crippen molar-refractivity contribution in [1.29, 1.82) is 0 Å². The van der Waals surface area contributed by atoms with E-state index in [1.165, 1.54) is 0 Å². The number of hydrogen-bond acceptors (Lipinski definition) is 3. The van der Waals surface area contributed by atoms with E-state index in [9.17, 15) is 4.79 Å². The molecule has 0 spiro atoms. The molecule has 4 nitrogen and oxygen atoms in total. The first-order chi connectivity index (χ1) is 9.15. The quantitative estimate of drug-likeness (QED) is 0.756. The molecule has 1 amide bonds.